The summed E-state index contributed by atoms with van der Waals surface area (Å²) in [5, 5.41) is 0. The van der Waals surface area contributed by atoms with Crippen LogP contribution in [0.4, 0.5) is 0 Å². The van der Waals surface area contributed by atoms with Gasteiger partial charge in [0.15, 0.2) is 6.39 Å². The first kappa shape index (κ1) is 9.78. The van der Waals surface area contributed by atoms with E-state index in [1.165, 1.54) is 12.0 Å². The minimum atomic E-state index is 0.466. The first-order valence-corrected chi connectivity index (χ1v) is 4.39. The molecule has 70 valence electrons. The topological polar surface area (TPSA) is 26.0 Å². The Bertz CT molecular complexity index is 321. The molecule has 0 radical (unpaired) electrons. The standard InChI is InChI=1S/C11H15NO/c1-5-10(8(2)3)6-11-9(4)13-7-12-11/h5-8H,1H2,2-4H3/b10-6+. The van der Waals surface area contributed by atoms with Crippen LogP contribution in [0, 0.1) is 12.8 Å². The molecule has 0 unspecified atom stereocenters. The molecule has 0 bridgehead atoms. The van der Waals surface area contributed by atoms with E-state index >= 15 is 0 Å². The minimum Gasteiger partial charge on any atom is -0.448 e. The predicted molar refractivity (Wildman–Crippen MR) is 54.3 cm³/mol. The SMILES string of the molecule is C=C/C(=C\c1ncoc1C)C(C)C. The van der Waals surface area contributed by atoms with E-state index in [0.29, 0.717) is 5.92 Å². The van der Waals surface area contributed by atoms with Gasteiger partial charge in [-0.05, 0) is 24.5 Å². The second kappa shape index (κ2) is 4.08. The second-order valence-corrected chi connectivity index (χ2v) is 3.30. The normalized spacial score (nSPS) is 12.2. The van der Waals surface area contributed by atoms with Gasteiger partial charge in [-0.15, -0.1) is 0 Å². The first-order valence-electron chi connectivity index (χ1n) is 4.39. The van der Waals surface area contributed by atoms with Gasteiger partial charge in [0.1, 0.15) is 11.5 Å². The summed E-state index contributed by atoms with van der Waals surface area (Å²) in [4.78, 5) is 4.10. The molecule has 0 N–H and O–H groups in total. The molecule has 2 heteroatoms. The summed E-state index contributed by atoms with van der Waals surface area (Å²) in [6.07, 6.45) is 5.33. The Kier molecular flexibility index (Phi) is 3.07. The summed E-state index contributed by atoms with van der Waals surface area (Å²) in [5.41, 5.74) is 2.07. The van der Waals surface area contributed by atoms with E-state index in [1.54, 1.807) is 0 Å². The molecule has 0 fully saturated rings. The van der Waals surface area contributed by atoms with Crippen molar-refractivity contribution in [2.24, 2.45) is 5.92 Å². The van der Waals surface area contributed by atoms with Gasteiger partial charge < -0.3 is 4.42 Å². The largest absolute Gasteiger partial charge is 0.448 e. The predicted octanol–water partition coefficient (Wildman–Crippen LogP) is 3.21. The molecule has 2 nitrogen and oxygen atoms in total. The molecular weight excluding hydrogens is 162 g/mol. The molecule has 1 aromatic heterocycles. The third-order valence-corrected chi connectivity index (χ3v) is 1.99. The van der Waals surface area contributed by atoms with Crippen molar-refractivity contribution in [2.45, 2.75) is 20.8 Å². The zero-order valence-electron chi connectivity index (χ0n) is 8.37. The Hall–Kier alpha value is -1.31. The van der Waals surface area contributed by atoms with Gasteiger partial charge in [0.25, 0.3) is 0 Å². The fourth-order valence-corrected chi connectivity index (χ4v) is 1.07. The second-order valence-electron chi connectivity index (χ2n) is 3.30. The van der Waals surface area contributed by atoms with Gasteiger partial charge >= 0.3 is 0 Å². The maximum Gasteiger partial charge on any atom is 0.181 e. The van der Waals surface area contributed by atoms with Crippen molar-refractivity contribution in [3.8, 4) is 0 Å². The van der Waals surface area contributed by atoms with Crippen LogP contribution >= 0.6 is 0 Å². The number of allylic oxidation sites excluding steroid dienone is 2. The van der Waals surface area contributed by atoms with Crippen molar-refractivity contribution in [3.63, 3.8) is 0 Å². The van der Waals surface area contributed by atoms with Gasteiger partial charge in [0.2, 0.25) is 0 Å². The molecule has 13 heavy (non-hydrogen) atoms. The van der Waals surface area contributed by atoms with Crippen LogP contribution in [0.1, 0.15) is 25.3 Å². The highest BCUT2D eigenvalue weighted by atomic mass is 16.3. The molecule has 1 aromatic rings. The molecule has 1 heterocycles. The van der Waals surface area contributed by atoms with Crippen LogP contribution in [-0.4, -0.2) is 4.98 Å². The van der Waals surface area contributed by atoms with Crippen molar-refractivity contribution < 1.29 is 4.42 Å². The third kappa shape index (κ3) is 2.31. The van der Waals surface area contributed by atoms with Crippen LogP contribution < -0.4 is 0 Å². The number of hydrogen-bond donors (Lipinski definition) is 0. The monoisotopic (exact) mass is 177 g/mol. The average Bonchev–Trinajstić information content (AvgIpc) is 2.46. The van der Waals surface area contributed by atoms with Crippen molar-refractivity contribution in [1.29, 1.82) is 0 Å². The van der Waals surface area contributed by atoms with Crippen molar-refractivity contribution in [1.82, 2.24) is 4.98 Å². The number of oxazole rings is 1. The molecular formula is C11H15NO. The summed E-state index contributed by atoms with van der Waals surface area (Å²) in [5.74, 6) is 1.31. The van der Waals surface area contributed by atoms with Crippen molar-refractivity contribution in [3.05, 3.63) is 36.1 Å². The van der Waals surface area contributed by atoms with Crippen LogP contribution in [0.2, 0.25) is 0 Å². The van der Waals surface area contributed by atoms with E-state index in [1.807, 2.05) is 19.1 Å². The van der Waals surface area contributed by atoms with E-state index in [9.17, 15) is 0 Å². The average molecular weight is 177 g/mol. The molecule has 0 aromatic carbocycles. The Morgan fingerprint density at radius 1 is 1.62 bits per heavy atom. The van der Waals surface area contributed by atoms with Crippen LogP contribution in [0.3, 0.4) is 0 Å². The van der Waals surface area contributed by atoms with Gasteiger partial charge in [-0.2, -0.15) is 0 Å². The summed E-state index contributed by atoms with van der Waals surface area (Å²) in [6.45, 7) is 9.92. The highest BCUT2D eigenvalue weighted by Crippen LogP contribution is 2.16. The van der Waals surface area contributed by atoms with Gasteiger partial charge in [-0.1, -0.05) is 26.5 Å². The van der Waals surface area contributed by atoms with E-state index in [0.717, 1.165) is 11.5 Å². The summed E-state index contributed by atoms with van der Waals surface area (Å²) in [7, 11) is 0. The van der Waals surface area contributed by atoms with E-state index < -0.39 is 0 Å². The lowest BCUT2D eigenvalue weighted by Crippen LogP contribution is -1.90. The van der Waals surface area contributed by atoms with Crippen LogP contribution in [0.5, 0.6) is 0 Å². The number of aromatic nitrogens is 1. The van der Waals surface area contributed by atoms with Crippen molar-refractivity contribution >= 4 is 6.08 Å². The molecule has 1 rings (SSSR count). The Morgan fingerprint density at radius 3 is 2.69 bits per heavy atom. The molecule has 0 atom stereocenters. The summed E-state index contributed by atoms with van der Waals surface area (Å²) < 4.78 is 5.10. The molecule has 0 saturated carbocycles. The molecule has 0 aliphatic heterocycles. The first-order chi connectivity index (χ1) is 6.15. The van der Waals surface area contributed by atoms with E-state index in [-0.39, 0.29) is 0 Å². The van der Waals surface area contributed by atoms with Gasteiger partial charge in [0, 0.05) is 0 Å². The fraction of sp³-hybridized carbons (Fsp3) is 0.364. The molecule has 0 aliphatic rings. The zero-order chi connectivity index (χ0) is 9.84. The Morgan fingerprint density at radius 2 is 2.31 bits per heavy atom. The smallest absolute Gasteiger partial charge is 0.181 e. The number of rotatable bonds is 3. The quantitative estimate of drug-likeness (QED) is 0.662. The number of aryl methyl sites for hydroxylation is 1. The lowest BCUT2D eigenvalue weighted by molar-refractivity contribution is 0.526. The molecule has 0 spiro atoms. The van der Waals surface area contributed by atoms with Crippen molar-refractivity contribution in [2.75, 3.05) is 0 Å². The maximum absolute atomic E-state index is 5.10. The van der Waals surface area contributed by atoms with Gasteiger partial charge in [-0.25, -0.2) is 4.98 Å². The highest BCUT2D eigenvalue weighted by Gasteiger charge is 2.03. The van der Waals surface area contributed by atoms with Gasteiger partial charge in [0.05, 0.1) is 0 Å². The Balaban J connectivity index is 2.98. The molecule has 0 saturated heterocycles. The summed E-state index contributed by atoms with van der Waals surface area (Å²) in [6, 6.07) is 0. The van der Waals surface area contributed by atoms with Crippen LogP contribution in [0.25, 0.3) is 6.08 Å². The Labute approximate surface area is 79.0 Å². The number of nitrogens with zero attached hydrogens (tertiary/aromatic N) is 1. The van der Waals surface area contributed by atoms with E-state index in [2.05, 4.69) is 25.4 Å². The zero-order valence-corrected chi connectivity index (χ0v) is 8.37. The highest BCUT2D eigenvalue weighted by molar-refractivity contribution is 5.53. The maximum atomic E-state index is 5.10. The van der Waals surface area contributed by atoms with Crippen LogP contribution in [-0.2, 0) is 0 Å². The lowest BCUT2D eigenvalue weighted by Gasteiger charge is -2.04. The third-order valence-electron chi connectivity index (χ3n) is 1.99. The molecule has 0 aliphatic carbocycles. The lowest BCUT2D eigenvalue weighted by atomic mass is 10.0. The van der Waals surface area contributed by atoms with E-state index in [4.69, 9.17) is 4.42 Å². The number of hydrogen-bond acceptors (Lipinski definition) is 2. The minimum absolute atomic E-state index is 0.466. The fourth-order valence-electron chi connectivity index (χ4n) is 1.07. The molecule has 0 amide bonds. The summed E-state index contributed by atoms with van der Waals surface area (Å²) >= 11 is 0. The van der Waals surface area contributed by atoms with Gasteiger partial charge in [-0.3, -0.25) is 0 Å². The van der Waals surface area contributed by atoms with Crippen LogP contribution in [0.15, 0.2) is 29.0 Å².